The van der Waals surface area contributed by atoms with E-state index in [0.717, 1.165) is 11.8 Å². The molecule has 0 spiro atoms. The predicted molar refractivity (Wildman–Crippen MR) is 132 cm³/mol. The first kappa shape index (κ1) is 23.3. The lowest BCUT2D eigenvalue weighted by Crippen LogP contribution is -2.49. The first-order valence-electron chi connectivity index (χ1n) is 11.2. The van der Waals surface area contributed by atoms with Crippen molar-refractivity contribution < 1.29 is 4.79 Å². The summed E-state index contributed by atoms with van der Waals surface area (Å²) in [5.74, 6) is 2.71. The van der Waals surface area contributed by atoms with E-state index in [1.165, 1.54) is 84.0 Å². The van der Waals surface area contributed by atoms with Gasteiger partial charge >= 0.3 is 0 Å². The Labute approximate surface area is 183 Å². The number of hydrogen-bond donors (Lipinski definition) is 0. The Morgan fingerprint density at radius 3 is 2.48 bits per heavy atom. The summed E-state index contributed by atoms with van der Waals surface area (Å²) in [7, 11) is 1.09. The number of rotatable bonds is 9. The second kappa shape index (κ2) is 11.3. The monoisotopic (exact) mass is 451 g/mol. The van der Waals surface area contributed by atoms with Crippen molar-refractivity contribution >= 4 is 45.5 Å². The molecule has 3 atom stereocenters. The third-order valence-corrected chi connectivity index (χ3v) is 11.2. The molecule has 3 nitrogen and oxygen atoms in total. The van der Waals surface area contributed by atoms with E-state index in [1.807, 2.05) is 5.38 Å². The van der Waals surface area contributed by atoms with Crippen molar-refractivity contribution in [3.63, 3.8) is 0 Å². The molecule has 0 aromatic carbocycles. The van der Waals surface area contributed by atoms with Crippen LogP contribution in [-0.4, -0.2) is 53.5 Å². The minimum atomic E-state index is -0.158. The summed E-state index contributed by atoms with van der Waals surface area (Å²) < 4.78 is 0. The van der Waals surface area contributed by atoms with E-state index in [4.69, 9.17) is 0 Å². The minimum absolute atomic E-state index is 0.121. The predicted octanol–water partition coefficient (Wildman–Crippen LogP) is 6.47. The molecule has 1 aliphatic heterocycles. The van der Waals surface area contributed by atoms with E-state index in [9.17, 15) is 4.79 Å². The van der Waals surface area contributed by atoms with Crippen LogP contribution in [0.1, 0.15) is 68.1 Å². The molecule has 3 rings (SSSR count). The molecule has 29 heavy (non-hydrogen) atoms. The summed E-state index contributed by atoms with van der Waals surface area (Å²) in [6.45, 7) is 6.93. The summed E-state index contributed by atoms with van der Waals surface area (Å²) in [6.07, 6.45) is 20.6. The van der Waals surface area contributed by atoms with Gasteiger partial charge in [-0.05, 0) is 45.2 Å². The van der Waals surface area contributed by atoms with Gasteiger partial charge in [-0.25, -0.2) is 4.98 Å². The highest BCUT2D eigenvalue weighted by atomic mass is 32.1. The number of nitrogens with zero attached hydrogens (tertiary/aromatic N) is 2. The number of Topliss-reactive ketones (excluding diaryl/α,β-unsaturated/α-hetero) is 1. The van der Waals surface area contributed by atoms with Gasteiger partial charge in [0.1, 0.15) is 7.55 Å². The number of thiazole rings is 1. The average Bonchev–Trinajstić information content (AvgIpc) is 3.17. The van der Waals surface area contributed by atoms with E-state index >= 15 is 0 Å². The highest BCUT2D eigenvalue weighted by Crippen LogP contribution is 2.40. The Bertz CT molecular complexity index is 677. The quantitative estimate of drug-likeness (QED) is 0.319. The zero-order chi connectivity index (χ0) is 20.8. The van der Waals surface area contributed by atoms with Crippen molar-refractivity contribution in [2.45, 2.75) is 63.8 Å². The smallest absolute Gasteiger partial charge is 0.208 e. The number of hydrogen-bond acceptors (Lipinski definition) is 4. The van der Waals surface area contributed by atoms with Crippen LogP contribution in [0.3, 0.4) is 0 Å². The Hall–Kier alpha value is -0.400. The lowest BCUT2D eigenvalue weighted by molar-refractivity contribution is 0.0859. The molecule has 2 fully saturated rings. The van der Waals surface area contributed by atoms with Gasteiger partial charge in [0.05, 0.1) is 13.0 Å². The van der Waals surface area contributed by atoms with Crippen LogP contribution in [0.25, 0.3) is 0 Å². The fourth-order valence-corrected chi connectivity index (χ4v) is 8.11. The molecule has 2 aliphatic rings. The van der Waals surface area contributed by atoms with Crippen LogP contribution < -0.4 is 0 Å². The fourth-order valence-electron chi connectivity index (χ4n) is 5.15. The second-order valence-electron chi connectivity index (χ2n) is 9.16. The Morgan fingerprint density at radius 1 is 1.28 bits per heavy atom. The summed E-state index contributed by atoms with van der Waals surface area (Å²) in [6, 6.07) is 0. The summed E-state index contributed by atoms with van der Waals surface area (Å²) in [4.78, 5) is 19.5. The molecule has 1 aromatic rings. The van der Waals surface area contributed by atoms with Crippen LogP contribution in [0.5, 0.6) is 0 Å². The fraction of sp³-hybridized carbons (Fsp3) is 0.739. The van der Waals surface area contributed by atoms with Crippen LogP contribution >= 0.6 is 27.1 Å². The van der Waals surface area contributed by atoms with Crippen molar-refractivity contribution in [1.82, 2.24) is 9.88 Å². The molecular formula is C23H37N2OP2S+. The van der Waals surface area contributed by atoms with Gasteiger partial charge < -0.3 is 0 Å². The summed E-state index contributed by atoms with van der Waals surface area (Å²) >= 11 is 1.48. The van der Waals surface area contributed by atoms with Gasteiger partial charge in [-0.1, -0.05) is 45.3 Å². The van der Waals surface area contributed by atoms with Crippen LogP contribution in [0.15, 0.2) is 11.6 Å². The molecule has 0 radical (unpaired) electrons. The molecule has 1 saturated heterocycles. The standard InChI is InChI=1S/C23H37N2OP2S/c1-17(21(26)22-24-13-14-29-22)20-9-5-7-18(8-6-10-20)11-12-19-15-25(16-19)23(27-2)28(3)4/h13-14,17-20,23H,2-3,5-12,15-16H2,1,4H3/q+1. The van der Waals surface area contributed by atoms with Crippen molar-refractivity contribution in [3.8, 4) is 0 Å². The Morgan fingerprint density at radius 2 is 1.93 bits per heavy atom. The highest BCUT2D eigenvalue weighted by Gasteiger charge is 2.36. The van der Waals surface area contributed by atoms with Gasteiger partial charge in [0.15, 0.2) is 10.8 Å². The third kappa shape index (κ3) is 6.30. The van der Waals surface area contributed by atoms with Crippen LogP contribution in [0.4, 0.5) is 0 Å². The van der Waals surface area contributed by atoms with Crippen molar-refractivity contribution in [3.05, 3.63) is 16.6 Å². The van der Waals surface area contributed by atoms with Gasteiger partial charge in [0.25, 0.3) is 0 Å². The largest absolute Gasteiger partial charge is 0.291 e. The lowest BCUT2D eigenvalue weighted by Gasteiger charge is -2.40. The second-order valence-corrected chi connectivity index (χ2v) is 13.3. The molecule has 2 heterocycles. The number of aromatic nitrogens is 1. The van der Waals surface area contributed by atoms with Crippen molar-refractivity contribution in [2.75, 3.05) is 19.8 Å². The van der Waals surface area contributed by atoms with E-state index in [-0.39, 0.29) is 19.2 Å². The number of likely N-dealkylation sites (tertiary alicyclic amines) is 1. The zero-order valence-electron chi connectivity index (χ0n) is 18.1. The highest BCUT2D eigenvalue weighted by molar-refractivity contribution is 7.66. The lowest BCUT2D eigenvalue weighted by atomic mass is 9.77. The summed E-state index contributed by atoms with van der Waals surface area (Å²) in [5, 5.41) is 2.60. The maximum absolute atomic E-state index is 12.7. The van der Waals surface area contributed by atoms with Crippen LogP contribution in [0.2, 0.25) is 0 Å². The van der Waals surface area contributed by atoms with Crippen molar-refractivity contribution in [1.29, 1.82) is 0 Å². The molecule has 6 heteroatoms. The molecule has 1 saturated carbocycles. The molecule has 3 unspecified atom stereocenters. The van der Waals surface area contributed by atoms with Crippen LogP contribution in [0, 0.1) is 23.7 Å². The van der Waals surface area contributed by atoms with Crippen LogP contribution in [-0.2, 0) is 0 Å². The normalized spacial score (nSPS) is 26.9. The van der Waals surface area contributed by atoms with Gasteiger partial charge in [0.2, 0.25) is 5.52 Å². The van der Waals surface area contributed by atoms with E-state index in [0.29, 0.717) is 16.4 Å². The molecule has 160 valence electrons. The maximum Gasteiger partial charge on any atom is 0.208 e. The topological polar surface area (TPSA) is 33.2 Å². The average molecular weight is 452 g/mol. The molecule has 1 aromatic heterocycles. The Kier molecular flexibility index (Phi) is 9.05. The number of carbonyl (C=O) groups is 1. The number of ketones is 1. The van der Waals surface area contributed by atoms with Gasteiger partial charge in [-0.3, -0.25) is 9.69 Å². The molecule has 0 bridgehead atoms. The van der Waals surface area contributed by atoms with E-state index in [1.54, 1.807) is 6.20 Å². The molecule has 1 aliphatic carbocycles. The van der Waals surface area contributed by atoms with Gasteiger partial charge in [-0.15, -0.1) is 11.3 Å². The van der Waals surface area contributed by atoms with Gasteiger partial charge in [0, 0.05) is 30.6 Å². The zero-order valence-corrected chi connectivity index (χ0v) is 20.7. The molecule has 0 N–H and O–H groups in total. The van der Waals surface area contributed by atoms with E-state index < -0.39 is 0 Å². The van der Waals surface area contributed by atoms with Gasteiger partial charge in [-0.2, -0.15) is 0 Å². The Balaban J connectivity index is 1.37. The number of carbonyl (C=O) groups excluding carboxylic acids is 1. The molecular weight excluding hydrogens is 414 g/mol. The molecule has 0 amide bonds. The maximum atomic E-state index is 12.7. The SMILES string of the molecule is C=PC(N1CC(CCC2CCCC(C(C)C(=O)c3nccs3)CCC2)C1)[P+](=C)C. The summed E-state index contributed by atoms with van der Waals surface area (Å²) in [5.41, 5.74) is 0.605. The first-order chi connectivity index (χ1) is 14.0. The van der Waals surface area contributed by atoms with E-state index in [2.05, 4.69) is 36.1 Å². The minimum Gasteiger partial charge on any atom is -0.291 e. The van der Waals surface area contributed by atoms with Crippen molar-refractivity contribution in [2.24, 2.45) is 23.7 Å². The third-order valence-electron chi connectivity index (χ3n) is 6.99. The first-order valence-corrected chi connectivity index (χ1v) is 15.2.